The molecule has 0 amide bonds. The molecule has 0 aliphatic carbocycles. The van der Waals surface area contributed by atoms with E-state index in [1.807, 2.05) is 0 Å². The molecule has 0 fully saturated rings. The fraction of sp³-hybridized carbons (Fsp3) is 1.00. The van der Waals surface area contributed by atoms with Gasteiger partial charge in [-0.25, -0.2) is 0 Å². The summed E-state index contributed by atoms with van der Waals surface area (Å²) in [6.45, 7) is 38.2. The first-order valence-corrected chi connectivity index (χ1v) is 18.3. The van der Waals surface area contributed by atoms with Crippen LogP contribution in [0.5, 0.6) is 0 Å². The van der Waals surface area contributed by atoms with Crippen LogP contribution in [0.3, 0.4) is 0 Å². The molecule has 0 unspecified atom stereocenters. The van der Waals surface area contributed by atoms with Gasteiger partial charge in [0.1, 0.15) is 0 Å². The minimum absolute atomic E-state index is 0. The third-order valence-corrected chi connectivity index (χ3v) is 9.19. The number of hydrogen-bond acceptors (Lipinski definition) is 0. The van der Waals surface area contributed by atoms with Crippen LogP contribution < -0.4 is 0 Å². The lowest BCUT2D eigenvalue weighted by molar-refractivity contribution is 0.140. The van der Waals surface area contributed by atoms with Gasteiger partial charge < -0.3 is 0 Å². The van der Waals surface area contributed by atoms with Gasteiger partial charge in [0, 0.05) is 0 Å². The van der Waals surface area contributed by atoms with Gasteiger partial charge in [-0.05, 0) is 110 Å². The Morgan fingerprint density at radius 2 is 0.415 bits per heavy atom. The van der Waals surface area contributed by atoms with Crippen molar-refractivity contribution >= 4 is 0 Å². The van der Waals surface area contributed by atoms with Gasteiger partial charge in [0.25, 0.3) is 0 Å². The summed E-state index contributed by atoms with van der Waals surface area (Å²) in [6, 6.07) is 0. The fourth-order valence-corrected chi connectivity index (χ4v) is 6.66. The molecular weight excluding hydrogens is 492 g/mol. The summed E-state index contributed by atoms with van der Waals surface area (Å²) in [5, 5.41) is 0. The highest BCUT2D eigenvalue weighted by Gasteiger charge is 2.32. The van der Waals surface area contributed by atoms with Crippen LogP contribution in [0.2, 0.25) is 0 Å². The van der Waals surface area contributed by atoms with E-state index in [9.17, 15) is 0 Å². The highest BCUT2D eigenvalue weighted by atomic mass is 14.4. The lowest BCUT2D eigenvalue weighted by atomic mass is 9.68. The summed E-state index contributed by atoms with van der Waals surface area (Å²) in [6.07, 6.45) is 20.0. The van der Waals surface area contributed by atoms with Crippen LogP contribution in [0, 0.1) is 58.2 Å². The quantitative estimate of drug-likeness (QED) is 0.119. The molecule has 0 atom stereocenters. The maximum Gasteiger partial charge on any atom is -0.0295 e. The molecule has 0 nitrogen and oxygen atoms in total. The zero-order chi connectivity index (χ0) is 31.5. The third kappa shape index (κ3) is 27.3. The van der Waals surface area contributed by atoms with Crippen LogP contribution in [0.4, 0.5) is 0 Å². The third-order valence-electron chi connectivity index (χ3n) is 9.19. The highest BCUT2D eigenvalue weighted by molar-refractivity contribution is 4.83. The largest absolute Gasteiger partial charge is 0.0776 e. The molecule has 0 heterocycles. The lowest BCUT2D eigenvalue weighted by Crippen LogP contribution is -2.25. The number of rotatable bonds is 22. The standard InChI is InChI=1S/2C20H42.CH4/c2*1-16(2)9-12-20(15-19(7)8,13-10-17(3)4)14-11-18(5)6;/h2*16-19H,9-15H2,1-8H3;1H4. The van der Waals surface area contributed by atoms with Crippen LogP contribution in [-0.4, -0.2) is 0 Å². The summed E-state index contributed by atoms with van der Waals surface area (Å²) in [5.74, 6) is 6.75. The molecule has 0 N–H and O–H groups in total. The number of hydrogen-bond donors (Lipinski definition) is 0. The van der Waals surface area contributed by atoms with Crippen LogP contribution >= 0.6 is 0 Å². The van der Waals surface area contributed by atoms with Crippen molar-refractivity contribution in [3.05, 3.63) is 0 Å². The maximum absolute atomic E-state index is 2.41. The molecule has 0 aliphatic rings. The molecule has 0 aromatic carbocycles. The second-order valence-electron chi connectivity index (χ2n) is 17.8. The van der Waals surface area contributed by atoms with E-state index in [0.717, 1.165) is 47.3 Å². The van der Waals surface area contributed by atoms with E-state index in [-0.39, 0.29) is 7.43 Å². The topological polar surface area (TPSA) is 0 Å². The summed E-state index contributed by atoms with van der Waals surface area (Å²) in [5.41, 5.74) is 1.24. The van der Waals surface area contributed by atoms with Crippen molar-refractivity contribution in [2.24, 2.45) is 58.2 Å². The van der Waals surface area contributed by atoms with Crippen molar-refractivity contribution in [2.45, 2.75) is 208 Å². The molecule has 0 spiro atoms. The Labute approximate surface area is 265 Å². The van der Waals surface area contributed by atoms with Crippen molar-refractivity contribution in [1.82, 2.24) is 0 Å². The van der Waals surface area contributed by atoms with Gasteiger partial charge in [0.15, 0.2) is 0 Å². The van der Waals surface area contributed by atoms with Crippen molar-refractivity contribution in [3.8, 4) is 0 Å². The molecule has 0 aromatic rings. The molecule has 0 aliphatic heterocycles. The van der Waals surface area contributed by atoms with E-state index in [2.05, 4.69) is 111 Å². The van der Waals surface area contributed by atoms with Crippen molar-refractivity contribution < 1.29 is 0 Å². The zero-order valence-electron chi connectivity index (χ0n) is 31.5. The monoisotopic (exact) mass is 581 g/mol. The average Bonchev–Trinajstić information content (AvgIpc) is 2.80. The molecule has 0 saturated carbocycles. The maximum atomic E-state index is 2.41. The molecule has 41 heavy (non-hydrogen) atoms. The van der Waals surface area contributed by atoms with E-state index in [1.54, 1.807) is 0 Å². The van der Waals surface area contributed by atoms with Gasteiger partial charge in [0.2, 0.25) is 0 Å². The Morgan fingerprint density at radius 1 is 0.268 bits per heavy atom. The Hall–Kier alpha value is 0. The van der Waals surface area contributed by atoms with E-state index in [1.165, 1.54) is 89.9 Å². The van der Waals surface area contributed by atoms with Crippen molar-refractivity contribution in [1.29, 1.82) is 0 Å². The van der Waals surface area contributed by atoms with Crippen LogP contribution in [0.15, 0.2) is 0 Å². The first kappa shape index (κ1) is 45.4. The normalized spacial score (nSPS) is 12.9. The van der Waals surface area contributed by atoms with Gasteiger partial charge >= 0.3 is 0 Å². The van der Waals surface area contributed by atoms with Gasteiger partial charge in [-0.2, -0.15) is 0 Å². The van der Waals surface area contributed by atoms with Crippen molar-refractivity contribution in [2.75, 3.05) is 0 Å². The molecule has 0 aromatic heterocycles. The SMILES string of the molecule is C.CC(C)CCC(CCC(C)C)(CCC(C)C)CC(C)C.CC(C)CCC(CCC(C)C)(CCC(C)C)CC(C)C. The first-order valence-electron chi connectivity index (χ1n) is 18.3. The van der Waals surface area contributed by atoms with Gasteiger partial charge in [-0.1, -0.05) is 157 Å². The van der Waals surface area contributed by atoms with E-state index >= 15 is 0 Å². The predicted molar refractivity (Wildman–Crippen MR) is 195 cm³/mol. The van der Waals surface area contributed by atoms with Crippen LogP contribution in [0.25, 0.3) is 0 Å². The molecule has 0 saturated heterocycles. The highest BCUT2D eigenvalue weighted by Crippen LogP contribution is 2.44. The minimum atomic E-state index is 0. The predicted octanol–water partition coefficient (Wildman–Crippen LogP) is 15.3. The summed E-state index contributed by atoms with van der Waals surface area (Å²) in [7, 11) is 0. The van der Waals surface area contributed by atoms with Gasteiger partial charge in [0.05, 0.1) is 0 Å². The first-order chi connectivity index (χ1) is 18.3. The van der Waals surface area contributed by atoms with E-state index in [4.69, 9.17) is 0 Å². The molecule has 0 heteroatoms. The fourth-order valence-electron chi connectivity index (χ4n) is 6.66. The van der Waals surface area contributed by atoms with Crippen LogP contribution in [-0.2, 0) is 0 Å². The van der Waals surface area contributed by atoms with E-state index in [0.29, 0.717) is 10.8 Å². The smallest absolute Gasteiger partial charge is 0.0295 e. The summed E-state index contributed by atoms with van der Waals surface area (Å²) in [4.78, 5) is 0. The van der Waals surface area contributed by atoms with Crippen LogP contribution in [0.1, 0.15) is 208 Å². The Morgan fingerprint density at radius 3 is 0.512 bits per heavy atom. The molecular formula is C41H88. The minimum Gasteiger partial charge on any atom is -0.0776 e. The Kier molecular flexibility index (Phi) is 27.0. The Balaban J connectivity index is -0.000000688. The summed E-state index contributed by atoms with van der Waals surface area (Å²) >= 11 is 0. The summed E-state index contributed by atoms with van der Waals surface area (Å²) < 4.78 is 0. The van der Waals surface area contributed by atoms with Gasteiger partial charge in [-0.15, -0.1) is 0 Å². The van der Waals surface area contributed by atoms with Crippen molar-refractivity contribution in [3.63, 3.8) is 0 Å². The second kappa shape index (κ2) is 24.3. The lowest BCUT2D eigenvalue weighted by Gasteiger charge is -2.38. The Bertz CT molecular complexity index is 432. The molecule has 0 rings (SSSR count). The second-order valence-corrected chi connectivity index (χ2v) is 17.8. The average molecular weight is 581 g/mol. The molecule has 0 radical (unpaired) electrons. The molecule has 0 bridgehead atoms. The zero-order valence-corrected chi connectivity index (χ0v) is 31.5. The van der Waals surface area contributed by atoms with Gasteiger partial charge in [-0.3, -0.25) is 0 Å². The molecule has 252 valence electrons. The van der Waals surface area contributed by atoms with E-state index < -0.39 is 0 Å².